The summed E-state index contributed by atoms with van der Waals surface area (Å²) in [5.74, 6) is 0.490. The molecule has 0 saturated carbocycles. The van der Waals surface area contributed by atoms with Crippen molar-refractivity contribution in [3.63, 3.8) is 0 Å². The van der Waals surface area contributed by atoms with Gasteiger partial charge in [-0.25, -0.2) is 18.7 Å². The van der Waals surface area contributed by atoms with Crippen molar-refractivity contribution in [3.8, 4) is 11.3 Å². The Labute approximate surface area is 201 Å². The Morgan fingerprint density at radius 2 is 1.94 bits per heavy atom. The van der Waals surface area contributed by atoms with Gasteiger partial charge < -0.3 is 26.4 Å². The van der Waals surface area contributed by atoms with Gasteiger partial charge in [0.2, 0.25) is 5.95 Å². The quantitative estimate of drug-likeness (QED) is 0.415. The Bertz CT molecular complexity index is 1210. The van der Waals surface area contributed by atoms with Gasteiger partial charge in [-0.05, 0) is 44.5 Å². The number of anilines is 3. The SMILES string of the molecule is Cc1cc(N)nc(-c2cc3nc(NC[C@@H](F)C(C)(C)O)nc(N4CCNCC4)c3cc2Cl)c1F. The summed E-state index contributed by atoms with van der Waals surface area (Å²) in [5.41, 5.74) is 5.56. The van der Waals surface area contributed by atoms with Gasteiger partial charge in [0.1, 0.15) is 23.5 Å². The molecule has 3 aromatic rings. The molecule has 34 heavy (non-hydrogen) atoms. The molecule has 0 unspecified atom stereocenters. The van der Waals surface area contributed by atoms with Crippen LogP contribution in [0.1, 0.15) is 19.4 Å². The van der Waals surface area contributed by atoms with Crippen LogP contribution in [-0.2, 0) is 0 Å². The number of halogens is 3. The van der Waals surface area contributed by atoms with Crippen molar-refractivity contribution in [1.82, 2.24) is 20.3 Å². The van der Waals surface area contributed by atoms with Crippen LogP contribution >= 0.6 is 11.6 Å². The number of alkyl halides is 1. The number of aromatic nitrogens is 3. The van der Waals surface area contributed by atoms with Crippen molar-refractivity contribution in [3.05, 3.63) is 34.6 Å². The molecule has 1 aliphatic rings. The fourth-order valence-electron chi connectivity index (χ4n) is 3.80. The van der Waals surface area contributed by atoms with Crippen molar-refractivity contribution in [2.45, 2.75) is 32.5 Å². The molecular weight excluding hydrogens is 464 g/mol. The molecule has 1 aliphatic heterocycles. The van der Waals surface area contributed by atoms with Gasteiger partial charge in [-0.15, -0.1) is 0 Å². The maximum atomic E-state index is 14.9. The van der Waals surface area contributed by atoms with Crippen LogP contribution in [0.2, 0.25) is 5.02 Å². The van der Waals surface area contributed by atoms with Crippen LogP contribution in [-0.4, -0.2) is 64.6 Å². The summed E-state index contributed by atoms with van der Waals surface area (Å²) < 4.78 is 29.3. The maximum Gasteiger partial charge on any atom is 0.225 e. The lowest BCUT2D eigenvalue weighted by Gasteiger charge is -2.30. The second-order valence-electron chi connectivity index (χ2n) is 8.99. The van der Waals surface area contributed by atoms with Crippen LogP contribution in [0.3, 0.4) is 0 Å². The number of piperazine rings is 1. The first-order valence-corrected chi connectivity index (χ1v) is 11.4. The molecule has 4 rings (SSSR count). The Hall–Kier alpha value is -2.82. The van der Waals surface area contributed by atoms with Crippen molar-refractivity contribution in [2.75, 3.05) is 48.7 Å². The second kappa shape index (κ2) is 9.44. The summed E-state index contributed by atoms with van der Waals surface area (Å²) in [6.07, 6.45) is -1.54. The minimum absolute atomic E-state index is 0.0343. The van der Waals surface area contributed by atoms with Crippen LogP contribution in [0.5, 0.6) is 0 Å². The number of nitrogen functional groups attached to an aromatic ring is 1. The summed E-state index contributed by atoms with van der Waals surface area (Å²) >= 11 is 6.59. The Balaban J connectivity index is 1.84. The highest BCUT2D eigenvalue weighted by Crippen LogP contribution is 2.36. The van der Waals surface area contributed by atoms with Gasteiger partial charge in [-0.2, -0.15) is 4.98 Å². The largest absolute Gasteiger partial charge is 0.387 e. The number of aliphatic hydroxyl groups is 1. The number of fused-ring (bicyclic) bond motifs is 1. The number of rotatable bonds is 6. The highest BCUT2D eigenvalue weighted by molar-refractivity contribution is 6.34. The highest BCUT2D eigenvalue weighted by atomic mass is 35.5. The van der Waals surface area contributed by atoms with Gasteiger partial charge in [-0.3, -0.25) is 0 Å². The van der Waals surface area contributed by atoms with Crippen LogP contribution in [0.4, 0.5) is 26.4 Å². The van der Waals surface area contributed by atoms with Crippen LogP contribution < -0.4 is 21.3 Å². The van der Waals surface area contributed by atoms with E-state index in [4.69, 9.17) is 17.3 Å². The lowest BCUT2D eigenvalue weighted by atomic mass is 10.0. The lowest BCUT2D eigenvalue weighted by Crippen LogP contribution is -2.44. The van der Waals surface area contributed by atoms with Crippen LogP contribution in [0, 0.1) is 12.7 Å². The molecule has 1 saturated heterocycles. The molecule has 0 aliphatic carbocycles. The zero-order valence-electron chi connectivity index (χ0n) is 19.3. The van der Waals surface area contributed by atoms with E-state index >= 15 is 0 Å². The molecule has 11 heteroatoms. The molecule has 0 amide bonds. The molecule has 1 fully saturated rings. The molecule has 8 nitrogen and oxygen atoms in total. The predicted molar refractivity (Wildman–Crippen MR) is 132 cm³/mol. The molecule has 0 bridgehead atoms. The Kier molecular flexibility index (Phi) is 6.75. The standard InChI is InChI=1S/C23H28ClF2N7O/c1-12-8-18(27)31-20(19(12)26)13-10-16-14(9-15(13)24)21(33-6-4-28-5-7-33)32-22(30-16)29-11-17(25)23(2,3)34/h8-10,17,28,34H,4-7,11H2,1-3H3,(H2,27,31)(H,29,30,32)/t17-/m1/s1. The van der Waals surface area contributed by atoms with E-state index in [1.165, 1.54) is 19.9 Å². The van der Waals surface area contributed by atoms with Gasteiger partial charge in [0.05, 0.1) is 22.7 Å². The van der Waals surface area contributed by atoms with E-state index in [2.05, 4.69) is 30.5 Å². The number of nitrogens with one attached hydrogen (secondary N) is 2. The number of hydrogen-bond donors (Lipinski definition) is 4. The number of nitrogens with two attached hydrogens (primary N) is 1. The molecule has 1 atom stereocenters. The van der Waals surface area contributed by atoms with E-state index in [0.717, 1.165) is 13.1 Å². The minimum Gasteiger partial charge on any atom is -0.387 e. The first kappa shape index (κ1) is 24.3. The molecule has 1 aromatic carbocycles. The summed E-state index contributed by atoms with van der Waals surface area (Å²) in [6, 6.07) is 4.79. The third-order valence-electron chi connectivity index (χ3n) is 5.80. The predicted octanol–water partition coefficient (Wildman–Crippen LogP) is 3.31. The highest BCUT2D eigenvalue weighted by Gasteiger charge is 2.27. The number of benzene rings is 1. The molecule has 0 spiro atoms. The van der Waals surface area contributed by atoms with Crippen LogP contribution in [0.15, 0.2) is 18.2 Å². The minimum atomic E-state index is -1.54. The number of nitrogens with zero attached hydrogens (tertiary/aromatic N) is 4. The van der Waals surface area contributed by atoms with Crippen molar-refractivity contribution in [2.24, 2.45) is 0 Å². The fourth-order valence-corrected chi connectivity index (χ4v) is 4.06. The topological polar surface area (TPSA) is 112 Å². The Morgan fingerprint density at radius 3 is 2.62 bits per heavy atom. The van der Waals surface area contributed by atoms with Gasteiger partial charge >= 0.3 is 0 Å². The molecule has 182 valence electrons. The van der Waals surface area contributed by atoms with Gasteiger partial charge in [0, 0.05) is 37.1 Å². The molecule has 3 heterocycles. The normalized spacial score (nSPS) is 15.6. The average molecular weight is 492 g/mol. The first-order valence-electron chi connectivity index (χ1n) is 11.0. The number of aryl methyl sites for hydroxylation is 1. The van der Waals surface area contributed by atoms with E-state index in [1.807, 2.05) is 0 Å². The molecule has 0 radical (unpaired) electrons. The third kappa shape index (κ3) is 4.98. The van der Waals surface area contributed by atoms with Gasteiger partial charge in [0.15, 0.2) is 5.82 Å². The first-order chi connectivity index (χ1) is 16.0. The Morgan fingerprint density at radius 1 is 1.24 bits per heavy atom. The molecule has 5 N–H and O–H groups in total. The van der Waals surface area contributed by atoms with E-state index < -0.39 is 17.6 Å². The summed E-state index contributed by atoms with van der Waals surface area (Å²) in [7, 11) is 0. The number of pyridine rings is 1. The zero-order chi connectivity index (χ0) is 24.6. The second-order valence-corrected chi connectivity index (χ2v) is 9.39. The smallest absolute Gasteiger partial charge is 0.225 e. The maximum absolute atomic E-state index is 14.9. The fraction of sp³-hybridized carbons (Fsp3) is 0.435. The monoisotopic (exact) mass is 491 g/mol. The zero-order valence-corrected chi connectivity index (χ0v) is 20.0. The van der Waals surface area contributed by atoms with Gasteiger partial charge in [-0.1, -0.05) is 11.6 Å². The van der Waals surface area contributed by atoms with Crippen molar-refractivity contribution in [1.29, 1.82) is 0 Å². The van der Waals surface area contributed by atoms with Gasteiger partial charge in [0.25, 0.3) is 0 Å². The van der Waals surface area contributed by atoms with Crippen molar-refractivity contribution < 1.29 is 13.9 Å². The summed E-state index contributed by atoms with van der Waals surface area (Å²) in [5, 5.41) is 17.1. The molecule has 2 aromatic heterocycles. The van der Waals surface area contributed by atoms with Crippen molar-refractivity contribution >= 4 is 40.1 Å². The number of hydrogen-bond acceptors (Lipinski definition) is 8. The van der Waals surface area contributed by atoms with E-state index in [9.17, 15) is 13.9 Å². The summed E-state index contributed by atoms with van der Waals surface area (Å²) in [4.78, 5) is 15.4. The summed E-state index contributed by atoms with van der Waals surface area (Å²) in [6.45, 7) is 7.21. The van der Waals surface area contributed by atoms with E-state index in [0.29, 0.717) is 40.9 Å². The van der Waals surface area contributed by atoms with E-state index in [-0.39, 0.29) is 29.0 Å². The molecular formula is C23H28ClF2N7O. The lowest BCUT2D eigenvalue weighted by molar-refractivity contribution is 0.00318. The van der Waals surface area contributed by atoms with E-state index in [1.54, 1.807) is 19.1 Å². The van der Waals surface area contributed by atoms with Crippen LogP contribution in [0.25, 0.3) is 22.2 Å². The average Bonchev–Trinajstić information content (AvgIpc) is 2.79. The third-order valence-corrected chi connectivity index (χ3v) is 6.11.